The lowest BCUT2D eigenvalue weighted by molar-refractivity contribution is 1.17. The fraction of sp³-hybridized carbons (Fsp3) is 0.0435. The molecule has 0 aliphatic heterocycles. The highest BCUT2D eigenvalue weighted by Gasteiger charge is 2.13. The number of benzene rings is 3. The van der Waals surface area contributed by atoms with Crippen molar-refractivity contribution in [2.45, 2.75) is 6.92 Å². The number of hydrogen-bond donors (Lipinski definition) is 0. The first-order chi connectivity index (χ1) is 11.7. The first-order valence-electron chi connectivity index (χ1n) is 8.16. The van der Waals surface area contributed by atoms with E-state index in [9.17, 15) is 0 Å². The van der Waals surface area contributed by atoms with E-state index in [0.29, 0.717) is 0 Å². The van der Waals surface area contributed by atoms with Gasteiger partial charge >= 0.3 is 0 Å². The van der Waals surface area contributed by atoms with Crippen LogP contribution in [0.25, 0.3) is 27.9 Å². The molecule has 24 heavy (non-hydrogen) atoms. The average Bonchev–Trinajstić information content (AvgIpc) is 3.02. The van der Waals surface area contributed by atoms with Gasteiger partial charge in [-0.25, -0.2) is 0 Å². The summed E-state index contributed by atoms with van der Waals surface area (Å²) in [5.74, 6) is 0. The van der Waals surface area contributed by atoms with Gasteiger partial charge in [-0.15, -0.1) is 0 Å². The van der Waals surface area contributed by atoms with Crippen molar-refractivity contribution >= 4 is 16.6 Å². The van der Waals surface area contributed by atoms with Gasteiger partial charge < -0.3 is 4.57 Å². The van der Waals surface area contributed by atoms with Gasteiger partial charge in [-0.1, -0.05) is 84.9 Å². The minimum absolute atomic E-state index is 0.995. The summed E-state index contributed by atoms with van der Waals surface area (Å²) in [5.41, 5.74) is 6.94. The number of rotatable bonds is 3. The molecule has 1 aromatic heterocycles. The Morgan fingerprint density at radius 2 is 1.46 bits per heavy atom. The van der Waals surface area contributed by atoms with Crippen LogP contribution < -0.4 is 0 Å². The number of aromatic nitrogens is 1. The van der Waals surface area contributed by atoms with Gasteiger partial charge in [-0.3, -0.25) is 0 Å². The van der Waals surface area contributed by atoms with Crippen molar-refractivity contribution in [1.82, 2.24) is 4.57 Å². The molecule has 0 aliphatic rings. The zero-order valence-corrected chi connectivity index (χ0v) is 13.7. The van der Waals surface area contributed by atoms with Gasteiger partial charge in [0, 0.05) is 11.1 Å². The van der Waals surface area contributed by atoms with Gasteiger partial charge in [-0.05, 0) is 30.2 Å². The predicted octanol–water partition coefficient (Wildman–Crippen LogP) is 6.14. The van der Waals surface area contributed by atoms with Gasteiger partial charge in [0.1, 0.15) is 0 Å². The number of hydrogen-bond acceptors (Lipinski definition) is 0. The largest absolute Gasteiger partial charge is 0.309 e. The number of nitrogens with zero attached hydrogens (tertiary/aromatic N) is 1. The molecule has 0 atom stereocenters. The third-order valence-corrected chi connectivity index (χ3v) is 4.44. The zero-order valence-electron chi connectivity index (χ0n) is 13.7. The fourth-order valence-corrected chi connectivity index (χ4v) is 3.14. The fourth-order valence-electron chi connectivity index (χ4n) is 3.14. The van der Waals surface area contributed by atoms with Crippen LogP contribution in [0.2, 0.25) is 0 Å². The van der Waals surface area contributed by atoms with Crippen LogP contribution in [-0.2, 0) is 0 Å². The molecule has 1 heteroatoms. The molecule has 116 valence electrons. The maximum Gasteiger partial charge on any atom is 0.0540 e. The van der Waals surface area contributed by atoms with Crippen LogP contribution in [0.15, 0.2) is 91.5 Å². The molecule has 3 aromatic carbocycles. The van der Waals surface area contributed by atoms with E-state index in [4.69, 9.17) is 0 Å². The second-order valence-electron chi connectivity index (χ2n) is 6.10. The van der Waals surface area contributed by atoms with Crippen molar-refractivity contribution in [2.24, 2.45) is 0 Å². The third-order valence-electron chi connectivity index (χ3n) is 4.44. The van der Waals surface area contributed by atoms with Crippen LogP contribution in [-0.4, -0.2) is 4.57 Å². The Kier molecular flexibility index (Phi) is 3.55. The molecule has 0 saturated carbocycles. The standard InChI is InChI=1S/C23H19N/c1-17-12-14-19(15-13-17)18(2)24-22-11-7-6-10-21(22)16-23(24)20-8-4-3-5-9-20/h3-16H,2H2,1H3. The molecular formula is C23H19N. The summed E-state index contributed by atoms with van der Waals surface area (Å²) in [4.78, 5) is 0. The number of para-hydroxylation sites is 1. The maximum absolute atomic E-state index is 4.40. The van der Waals surface area contributed by atoms with E-state index >= 15 is 0 Å². The average molecular weight is 309 g/mol. The predicted molar refractivity (Wildman–Crippen MR) is 103 cm³/mol. The third kappa shape index (κ3) is 2.44. The molecule has 0 unspecified atom stereocenters. The Labute approximate surface area is 142 Å². The molecule has 4 aromatic rings. The van der Waals surface area contributed by atoms with Crippen LogP contribution in [0.1, 0.15) is 11.1 Å². The summed E-state index contributed by atoms with van der Waals surface area (Å²) >= 11 is 0. The molecule has 0 fully saturated rings. The molecule has 0 radical (unpaired) electrons. The molecule has 0 bridgehead atoms. The molecule has 0 saturated heterocycles. The van der Waals surface area contributed by atoms with Crippen LogP contribution in [0.5, 0.6) is 0 Å². The second-order valence-corrected chi connectivity index (χ2v) is 6.10. The van der Waals surface area contributed by atoms with Gasteiger partial charge in [0.25, 0.3) is 0 Å². The molecule has 0 aliphatic carbocycles. The lowest BCUT2D eigenvalue weighted by Gasteiger charge is -2.14. The first kappa shape index (κ1) is 14.5. The highest BCUT2D eigenvalue weighted by molar-refractivity contribution is 5.92. The minimum atomic E-state index is 0.995. The molecule has 0 spiro atoms. The van der Waals surface area contributed by atoms with Crippen molar-refractivity contribution in [3.8, 4) is 11.3 Å². The van der Waals surface area contributed by atoms with Crippen molar-refractivity contribution in [1.29, 1.82) is 0 Å². The summed E-state index contributed by atoms with van der Waals surface area (Å²) in [5, 5.41) is 1.23. The SMILES string of the molecule is C=C(c1ccc(C)cc1)n1c(-c2ccccc2)cc2ccccc21. The Balaban J connectivity index is 1.96. The Morgan fingerprint density at radius 3 is 2.21 bits per heavy atom. The number of fused-ring (bicyclic) bond motifs is 1. The molecule has 1 heterocycles. The Hall–Kier alpha value is -3.06. The van der Waals surface area contributed by atoms with Crippen LogP contribution in [0, 0.1) is 6.92 Å². The topological polar surface area (TPSA) is 4.93 Å². The second kappa shape index (κ2) is 5.86. The van der Waals surface area contributed by atoms with E-state index in [1.54, 1.807) is 0 Å². The minimum Gasteiger partial charge on any atom is -0.309 e. The van der Waals surface area contributed by atoms with Gasteiger partial charge in [0.2, 0.25) is 0 Å². The maximum atomic E-state index is 4.40. The quantitative estimate of drug-likeness (QED) is 0.428. The van der Waals surface area contributed by atoms with E-state index in [1.165, 1.54) is 27.7 Å². The summed E-state index contributed by atoms with van der Waals surface area (Å²) < 4.78 is 2.26. The molecular weight excluding hydrogens is 290 g/mol. The first-order valence-corrected chi connectivity index (χ1v) is 8.16. The monoisotopic (exact) mass is 309 g/mol. The summed E-state index contributed by atoms with van der Waals surface area (Å²) in [6.07, 6.45) is 0. The number of aryl methyl sites for hydroxylation is 1. The normalized spacial score (nSPS) is 10.9. The lowest BCUT2D eigenvalue weighted by atomic mass is 10.1. The van der Waals surface area contributed by atoms with E-state index in [1.807, 2.05) is 6.07 Å². The van der Waals surface area contributed by atoms with Crippen molar-refractivity contribution < 1.29 is 0 Å². The van der Waals surface area contributed by atoms with E-state index in [2.05, 4.69) is 96.9 Å². The van der Waals surface area contributed by atoms with Crippen molar-refractivity contribution in [2.75, 3.05) is 0 Å². The summed E-state index contributed by atoms with van der Waals surface area (Å²) in [6.45, 7) is 6.50. The van der Waals surface area contributed by atoms with Gasteiger partial charge in [-0.2, -0.15) is 0 Å². The van der Waals surface area contributed by atoms with Crippen molar-refractivity contribution in [3.05, 3.63) is 103 Å². The van der Waals surface area contributed by atoms with Crippen LogP contribution in [0.3, 0.4) is 0 Å². The Morgan fingerprint density at radius 1 is 0.792 bits per heavy atom. The highest BCUT2D eigenvalue weighted by Crippen LogP contribution is 2.32. The zero-order chi connectivity index (χ0) is 16.5. The van der Waals surface area contributed by atoms with Crippen LogP contribution in [0.4, 0.5) is 0 Å². The summed E-state index contributed by atoms with van der Waals surface area (Å²) in [6, 6.07) is 29.7. The highest BCUT2D eigenvalue weighted by atomic mass is 15.0. The molecule has 1 nitrogen and oxygen atoms in total. The van der Waals surface area contributed by atoms with Gasteiger partial charge in [0.15, 0.2) is 0 Å². The molecule has 0 N–H and O–H groups in total. The smallest absolute Gasteiger partial charge is 0.0540 e. The van der Waals surface area contributed by atoms with E-state index in [-0.39, 0.29) is 0 Å². The lowest BCUT2D eigenvalue weighted by Crippen LogP contribution is -1.99. The van der Waals surface area contributed by atoms with E-state index in [0.717, 1.165) is 11.3 Å². The molecule has 4 rings (SSSR count). The van der Waals surface area contributed by atoms with Gasteiger partial charge in [0.05, 0.1) is 11.2 Å². The Bertz CT molecular complexity index is 1010. The molecule has 0 amide bonds. The van der Waals surface area contributed by atoms with E-state index < -0.39 is 0 Å². The van der Waals surface area contributed by atoms with Crippen LogP contribution >= 0.6 is 0 Å². The van der Waals surface area contributed by atoms with Crippen molar-refractivity contribution in [3.63, 3.8) is 0 Å². The summed E-state index contributed by atoms with van der Waals surface area (Å²) in [7, 11) is 0.